The molecule has 2 nitrogen and oxygen atoms in total. The van der Waals surface area contributed by atoms with Crippen molar-refractivity contribution in [3.63, 3.8) is 0 Å². The molecular weight excluding hydrogens is 320 g/mol. The van der Waals surface area contributed by atoms with Crippen molar-refractivity contribution in [3.8, 4) is 0 Å². The maximum absolute atomic E-state index is 4.53. The SMILES string of the molecule is CCN(c1nc(Br)cs1)c1cccc2ccccc12. The zero-order valence-corrected chi connectivity index (χ0v) is 12.9. The van der Waals surface area contributed by atoms with Crippen molar-refractivity contribution in [3.05, 3.63) is 52.4 Å². The molecule has 2 aromatic carbocycles. The van der Waals surface area contributed by atoms with E-state index < -0.39 is 0 Å². The first kappa shape index (κ1) is 12.6. The summed E-state index contributed by atoms with van der Waals surface area (Å²) in [4.78, 5) is 6.77. The van der Waals surface area contributed by atoms with Crippen LogP contribution in [0.5, 0.6) is 0 Å². The number of rotatable bonds is 3. The summed E-state index contributed by atoms with van der Waals surface area (Å²) in [6.45, 7) is 3.05. The van der Waals surface area contributed by atoms with Crippen LogP contribution in [-0.4, -0.2) is 11.5 Å². The van der Waals surface area contributed by atoms with Crippen LogP contribution in [0.3, 0.4) is 0 Å². The van der Waals surface area contributed by atoms with Gasteiger partial charge in [-0.05, 0) is 34.3 Å². The number of nitrogens with zero attached hydrogens (tertiary/aromatic N) is 2. The van der Waals surface area contributed by atoms with E-state index in [0.717, 1.165) is 16.3 Å². The average Bonchev–Trinajstić information content (AvgIpc) is 2.86. The number of fused-ring (bicyclic) bond motifs is 1. The van der Waals surface area contributed by atoms with Crippen LogP contribution in [0, 0.1) is 0 Å². The van der Waals surface area contributed by atoms with E-state index in [2.05, 4.69) is 75.2 Å². The summed E-state index contributed by atoms with van der Waals surface area (Å²) >= 11 is 5.08. The third-order valence-electron chi connectivity index (χ3n) is 3.07. The van der Waals surface area contributed by atoms with Crippen LogP contribution in [0.25, 0.3) is 10.8 Å². The van der Waals surface area contributed by atoms with Crippen molar-refractivity contribution in [1.29, 1.82) is 0 Å². The van der Waals surface area contributed by atoms with Gasteiger partial charge in [-0.3, -0.25) is 0 Å². The van der Waals surface area contributed by atoms with E-state index in [4.69, 9.17) is 0 Å². The van der Waals surface area contributed by atoms with Gasteiger partial charge in [-0.2, -0.15) is 0 Å². The van der Waals surface area contributed by atoms with Gasteiger partial charge in [0.25, 0.3) is 0 Å². The molecule has 0 fully saturated rings. The highest BCUT2D eigenvalue weighted by atomic mass is 79.9. The predicted octanol–water partition coefficient (Wildman–Crippen LogP) is 5.22. The number of aromatic nitrogens is 1. The molecule has 96 valence electrons. The molecular formula is C15H13BrN2S. The molecule has 0 radical (unpaired) electrons. The largest absolute Gasteiger partial charge is 0.317 e. The first-order chi connectivity index (χ1) is 9.29. The van der Waals surface area contributed by atoms with Gasteiger partial charge in [0, 0.05) is 17.3 Å². The van der Waals surface area contributed by atoms with Crippen molar-refractivity contribution in [1.82, 2.24) is 4.98 Å². The van der Waals surface area contributed by atoms with E-state index in [1.54, 1.807) is 11.3 Å². The van der Waals surface area contributed by atoms with E-state index in [1.807, 2.05) is 5.38 Å². The summed E-state index contributed by atoms with van der Waals surface area (Å²) in [5.74, 6) is 0. The Kier molecular flexibility index (Phi) is 3.53. The van der Waals surface area contributed by atoms with Crippen LogP contribution in [0.2, 0.25) is 0 Å². The zero-order valence-electron chi connectivity index (χ0n) is 10.5. The van der Waals surface area contributed by atoms with Crippen molar-refractivity contribution in [2.45, 2.75) is 6.92 Å². The van der Waals surface area contributed by atoms with Crippen LogP contribution in [0.1, 0.15) is 6.92 Å². The number of thiazole rings is 1. The summed E-state index contributed by atoms with van der Waals surface area (Å²) in [7, 11) is 0. The van der Waals surface area contributed by atoms with Gasteiger partial charge in [0.1, 0.15) is 4.60 Å². The quantitative estimate of drug-likeness (QED) is 0.653. The monoisotopic (exact) mass is 332 g/mol. The molecule has 0 bridgehead atoms. The molecule has 1 heterocycles. The Morgan fingerprint density at radius 2 is 1.95 bits per heavy atom. The molecule has 0 atom stereocenters. The minimum Gasteiger partial charge on any atom is -0.317 e. The lowest BCUT2D eigenvalue weighted by Gasteiger charge is -2.21. The Balaban J connectivity index is 2.16. The van der Waals surface area contributed by atoms with Crippen molar-refractivity contribution < 1.29 is 0 Å². The zero-order chi connectivity index (χ0) is 13.2. The predicted molar refractivity (Wildman–Crippen MR) is 86.4 cm³/mol. The van der Waals surface area contributed by atoms with Gasteiger partial charge in [-0.1, -0.05) is 36.4 Å². The number of hydrogen-bond donors (Lipinski definition) is 0. The summed E-state index contributed by atoms with van der Waals surface area (Å²) in [5, 5.41) is 5.56. The number of hydrogen-bond acceptors (Lipinski definition) is 3. The van der Waals surface area contributed by atoms with Crippen molar-refractivity contribution in [2.24, 2.45) is 0 Å². The van der Waals surface area contributed by atoms with Gasteiger partial charge in [0.2, 0.25) is 0 Å². The highest BCUT2D eigenvalue weighted by molar-refractivity contribution is 9.10. The molecule has 0 aliphatic carbocycles. The van der Waals surface area contributed by atoms with Gasteiger partial charge < -0.3 is 4.90 Å². The second kappa shape index (κ2) is 5.31. The molecule has 0 aliphatic heterocycles. The van der Waals surface area contributed by atoms with Gasteiger partial charge in [0.15, 0.2) is 5.13 Å². The standard InChI is InChI=1S/C15H13BrN2S/c1-2-18(15-17-14(16)10-19-15)13-9-5-7-11-6-3-4-8-12(11)13/h3-10H,2H2,1H3. The van der Waals surface area contributed by atoms with Crippen LogP contribution in [-0.2, 0) is 0 Å². The molecule has 1 aromatic heterocycles. The molecule has 19 heavy (non-hydrogen) atoms. The second-order valence-corrected chi connectivity index (χ2v) is 5.84. The summed E-state index contributed by atoms with van der Waals surface area (Å²) in [5.41, 5.74) is 1.21. The Morgan fingerprint density at radius 3 is 2.68 bits per heavy atom. The topological polar surface area (TPSA) is 16.1 Å². The first-order valence-corrected chi connectivity index (χ1v) is 7.83. The average molecular weight is 333 g/mol. The molecule has 0 aliphatic rings. The Labute approximate surface area is 124 Å². The minimum atomic E-state index is 0.895. The van der Waals surface area contributed by atoms with Crippen LogP contribution in [0.4, 0.5) is 10.8 Å². The van der Waals surface area contributed by atoms with E-state index >= 15 is 0 Å². The second-order valence-electron chi connectivity index (χ2n) is 4.20. The lowest BCUT2D eigenvalue weighted by molar-refractivity contribution is 1.01. The van der Waals surface area contributed by atoms with Crippen LogP contribution < -0.4 is 4.90 Å². The van der Waals surface area contributed by atoms with E-state index in [9.17, 15) is 0 Å². The summed E-state index contributed by atoms with van der Waals surface area (Å²) in [6.07, 6.45) is 0. The highest BCUT2D eigenvalue weighted by Gasteiger charge is 2.13. The maximum atomic E-state index is 4.53. The normalized spacial score (nSPS) is 10.8. The number of benzene rings is 2. The lowest BCUT2D eigenvalue weighted by atomic mass is 10.1. The Hall–Kier alpha value is -1.39. The highest BCUT2D eigenvalue weighted by Crippen LogP contribution is 2.34. The molecule has 3 aromatic rings. The van der Waals surface area contributed by atoms with E-state index in [1.165, 1.54) is 16.5 Å². The fourth-order valence-electron chi connectivity index (χ4n) is 2.22. The van der Waals surface area contributed by atoms with E-state index in [0.29, 0.717) is 0 Å². The van der Waals surface area contributed by atoms with Gasteiger partial charge >= 0.3 is 0 Å². The molecule has 0 saturated carbocycles. The molecule has 3 rings (SSSR count). The summed E-state index contributed by atoms with van der Waals surface area (Å²) in [6, 6.07) is 14.9. The Morgan fingerprint density at radius 1 is 1.16 bits per heavy atom. The molecule has 0 unspecified atom stereocenters. The molecule has 0 N–H and O–H groups in total. The van der Waals surface area contributed by atoms with Gasteiger partial charge in [-0.25, -0.2) is 4.98 Å². The third-order valence-corrected chi connectivity index (χ3v) is 4.64. The number of halogens is 1. The fraction of sp³-hybridized carbons (Fsp3) is 0.133. The number of anilines is 2. The minimum absolute atomic E-state index is 0.895. The van der Waals surface area contributed by atoms with Gasteiger partial charge in [0.05, 0.1) is 5.69 Å². The Bertz CT molecular complexity index is 703. The van der Waals surface area contributed by atoms with E-state index in [-0.39, 0.29) is 0 Å². The smallest absolute Gasteiger partial charge is 0.190 e. The van der Waals surface area contributed by atoms with Crippen LogP contribution >= 0.6 is 27.3 Å². The molecule has 0 saturated heterocycles. The van der Waals surface area contributed by atoms with Crippen molar-refractivity contribution >= 4 is 48.9 Å². The lowest BCUT2D eigenvalue weighted by Crippen LogP contribution is -2.16. The molecule has 0 spiro atoms. The van der Waals surface area contributed by atoms with Crippen molar-refractivity contribution in [2.75, 3.05) is 11.4 Å². The maximum Gasteiger partial charge on any atom is 0.190 e. The molecule has 4 heteroatoms. The summed E-state index contributed by atoms with van der Waals surface area (Å²) < 4.78 is 0.895. The fourth-order valence-corrected chi connectivity index (χ4v) is 3.55. The van der Waals surface area contributed by atoms with Gasteiger partial charge in [-0.15, -0.1) is 11.3 Å². The van der Waals surface area contributed by atoms with Crippen LogP contribution in [0.15, 0.2) is 52.4 Å². The first-order valence-electron chi connectivity index (χ1n) is 6.16. The molecule has 0 amide bonds. The third kappa shape index (κ3) is 2.38.